The molecule has 1 N–H and O–H groups in total. The van der Waals surface area contributed by atoms with Crippen LogP contribution in [0.15, 0.2) is 35.2 Å². The summed E-state index contributed by atoms with van der Waals surface area (Å²) in [7, 11) is -3.29. The van der Waals surface area contributed by atoms with Gasteiger partial charge in [-0.2, -0.15) is 0 Å². The molecule has 1 aliphatic heterocycles. The highest BCUT2D eigenvalue weighted by atomic mass is 32.2. The molecule has 0 amide bonds. The SMILES string of the molecule is CC(CN1CCCCC1CO)S(=O)(=O)c1ccccc1. The Balaban J connectivity index is 2.09. The Labute approximate surface area is 121 Å². The predicted molar refractivity (Wildman–Crippen MR) is 79.4 cm³/mol. The molecule has 0 bridgehead atoms. The summed E-state index contributed by atoms with van der Waals surface area (Å²) < 4.78 is 25.0. The number of piperidine rings is 1. The molecule has 1 fully saturated rings. The summed E-state index contributed by atoms with van der Waals surface area (Å²) in [5, 5.41) is 8.94. The van der Waals surface area contributed by atoms with Gasteiger partial charge in [0.05, 0.1) is 16.8 Å². The van der Waals surface area contributed by atoms with Gasteiger partial charge in [0.2, 0.25) is 0 Å². The largest absolute Gasteiger partial charge is 0.395 e. The van der Waals surface area contributed by atoms with Gasteiger partial charge in [-0.15, -0.1) is 0 Å². The second-order valence-corrected chi connectivity index (χ2v) is 7.86. The molecule has 1 saturated heterocycles. The standard InChI is InChI=1S/C15H23NO3S/c1-13(11-16-10-6-5-7-14(16)12-17)20(18,19)15-8-3-2-4-9-15/h2-4,8-9,13-14,17H,5-7,10-12H2,1H3. The molecule has 0 aromatic heterocycles. The summed E-state index contributed by atoms with van der Waals surface area (Å²) in [4.78, 5) is 2.50. The molecule has 4 nitrogen and oxygen atoms in total. The van der Waals surface area contributed by atoms with Crippen LogP contribution in [0.1, 0.15) is 26.2 Å². The molecule has 2 atom stereocenters. The maximum absolute atomic E-state index is 12.5. The first-order valence-electron chi connectivity index (χ1n) is 7.19. The quantitative estimate of drug-likeness (QED) is 0.898. The Morgan fingerprint density at radius 1 is 1.30 bits per heavy atom. The van der Waals surface area contributed by atoms with Gasteiger partial charge in [0, 0.05) is 12.6 Å². The van der Waals surface area contributed by atoms with E-state index in [1.807, 2.05) is 6.07 Å². The first-order valence-corrected chi connectivity index (χ1v) is 8.74. The van der Waals surface area contributed by atoms with Crippen LogP contribution in [0.2, 0.25) is 0 Å². The Kier molecular flexibility index (Phi) is 5.18. The normalized spacial score (nSPS) is 22.6. The van der Waals surface area contributed by atoms with Crippen LogP contribution >= 0.6 is 0 Å². The summed E-state index contributed by atoms with van der Waals surface area (Å²) in [6.07, 6.45) is 3.14. The van der Waals surface area contributed by atoms with Crippen LogP contribution in [0.3, 0.4) is 0 Å². The van der Waals surface area contributed by atoms with Crippen molar-refractivity contribution in [2.75, 3.05) is 19.7 Å². The molecule has 1 heterocycles. The van der Waals surface area contributed by atoms with Gasteiger partial charge in [0.25, 0.3) is 0 Å². The van der Waals surface area contributed by atoms with E-state index in [4.69, 9.17) is 0 Å². The van der Waals surface area contributed by atoms with Crippen molar-refractivity contribution >= 4 is 9.84 Å². The molecule has 1 aromatic rings. The molecule has 5 heteroatoms. The molecule has 0 saturated carbocycles. The minimum atomic E-state index is -3.29. The van der Waals surface area contributed by atoms with Gasteiger partial charge in [0.1, 0.15) is 0 Å². The van der Waals surface area contributed by atoms with Gasteiger partial charge < -0.3 is 5.11 Å². The molecule has 20 heavy (non-hydrogen) atoms. The van der Waals surface area contributed by atoms with Crippen LogP contribution in [-0.4, -0.2) is 49.4 Å². The van der Waals surface area contributed by atoms with Crippen molar-refractivity contribution in [1.82, 2.24) is 4.90 Å². The van der Waals surface area contributed by atoms with E-state index in [9.17, 15) is 13.5 Å². The number of hydrogen-bond acceptors (Lipinski definition) is 4. The minimum Gasteiger partial charge on any atom is -0.395 e. The van der Waals surface area contributed by atoms with Gasteiger partial charge in [-0.25, -0.2) is 8.42 Å². The summed E-state index contributed by atoms with van der Waals surface area (Å²) in [6, 6.07) is 8.71. The summed E-state index contributed by atoms with van der Waals surface area (Å²) in [5.41, 5.74) is 0. The van der Waals surface area contributed by atoms with E-state index in [1.54, 1.807) is 31.2 Å². The van der Waals surface area contributed by atoms with Crippen molar-refractivity contribution < 1.29 is 13.5 Å². The van der Waals surface area contributed by atoms with E-state index in [0.717, 1.165) is 25.8 Å². The molecule has 2 unspecified atom stereocenters. The summed E-state index contributed by atoms with van der Waals surface area (Å²) in [6.45, 7) is 3.23. The lowest BCUT2D eigenvalue weighted by Gasteiger charge is -2.36. The molecule has 0 spiro atoms. The highest BCUT2D eigenvalue weighted by molar-refractivity contribution is 7.92. The van der Waals surface area contributed by atoms with Crippen molar-refractivity contribution in [2.24, 2.45) is 0 Å². The molecule has 2 rings (SSSR count). The molecular weight excluding hydrogens is 274 g/mol. The minimum absolute atomic E-state index is 0.108. The molecule has 112 valence electrons. The molecule has 0 radical (unpaired) electrons. The third-order valence-electron chi connectivity index (χ3n) is 4.05. The number of benzene rings is 1. The maximum atomic E-state index is 12.5. The lowest BCUT2D eigenvalue weighted by molar-refractivity contribution is 0.0910. The van der Waals surface area contributed by atoms with Crippen molar-refractivity contribution in [1.29, 1.82) is 0 Å². The molecule has 1 aromatic carbocycles. The second kappa shape index (κ2) is 6.70. The fourth-order valence-corrected chi connectivity index (χ4v) is 4.17. The summed E-state index contributed by atoms with van der Waals surface area (Å²) in [5.74, 6) is 0. The van der Waals surface area contributed by atoms with Crippen LogP contribution in [-0.2, 0) is 9.84 Å². The van der Waals surface area contributed by atoms with Crippen molar-refractivity contribution in [2.45, 2.75) is 42.4 Å². The van der Waals surface area contributed by atoms with E-state index in [-0.39, 0.29) is 12.6 Å². The number of aliphatic hydroxyl groups excluding tert-OH is 1. The number of rotatable bonds is 5. The molecule has 1 aliphatic rings. The van der Waals surface area contributed by atoms with Crippen LogP contribution in [0, 0.1) is 0 Å². The third-order valence-corrected chi connectivity index (χ3v) is 6.19. The molecule has 0 aliphatic carbocycles. The van der Waals surface area contributed by atoms with Crippen molar-refractivity contribution in [3.63, 3.8) is 0 Å². The smallest absolute Gasteiger partial charge is 0.182 e. The van der Waals surface area contributed by atoms with E-state index in [1.165, 1.54) is 0 Å². The first kappa shape index (κ1) is 15.5. The van der Waals surface area contributed by atoms with Crippen LogP contribution in [0.25, 0.3) is 0 Å². The predicted octanol–water partition coefficient (Wildman–Crippen LogP) is 1.70. The van der Waals surface area contributed by atoms with Gasteiger partial charge in [0.15, 0.2) is 9.84 Å². The average Bonchev–Trinajstić information content (AvgIpc) is 2.48. The Bertz CT molecular complexity index is 515. The van der Waals surface area contributed by atoms with Gasteiger partial charge in [-0.1, -0.05) is 24.6 Å². The third kappa shape index (κ3) is 3.40. The number of likely N-dealkylation sites (tertiary alicyclic amines) is 1. The van der Waals surface area contributed by atoms with E-state index >= 15 is 0 Å². The van der Waals surface area contributed by atoms with Gasteiger partial charge in [-0.05, 0) is 38.4 Å². The van der Waals surface area contributed by atoms with Crippen LogP contribution in [0.5, 0.6) is 0 Å². The first-order chi connectivity index (χ1) is 9.55. The van der Waals surface area contributed by atoms with Crippen LogP contribution < -0.4 is 0 Å². The topological polar surface area (TPSA) is 57.6 Å². The highest BCUT2D eigenvalue weighted by Gasteiger charge is 2.29. The van der Waals surface area contributed by atoms with Crippen molar-refractivity contribution in [3.05, 3.63) is 30.3 Å². The lowest BCUT2D eigenvalue weighted by atomic mass is 10.0. The zero-order valence-electron chi connectivity index (χ0n) is 11.9. The fourth-order valence-electron chi connectivity index (χ4n) is 2.78. The Hall–Kier alpha value is -0.910. The van der Waals surface area contributed by atoms with E-state index in [0.29, 0.717) is 11.4 Å². The maximum Gasteiger partial charge on any atom is 0.182 e. The monoisotopic (exact) mass is 297 g/mol. The van der Waals surface area contributed by atoms with Gasteiger partial charge in [-0.3, -0.25) is 4.90 Å². The zero-order valence-corrected chi connectivity index (χ0v) is 12.7. The highest BCUT2D eigenvalue weighted by Crippen LogP contribution is 2.21. The van der Waals surface area contributed by atoms with E-state index < -0.39 is 15.1 Å². The number of hydrogen-bond donors (Lipinski definition) is 1. The second-order valence-electron chi connectivity index (χ2n) is 5.50. The average molecular weight is 297 g/mol. The summed E-state index contributed by atoms with van der Waals surface area (Å²) >= 11 is 0. The van der Waals surface area contributed by atoms with Gasteiger partial charge >= 0.3 is 0 Å². The fraction of sp³-hybridized carbons (Fsp3) is 0.600. The number of sulfone groups is 1. The Morgan fingerprint density at radius 2 is 2.00 bits per heavy atom. The van der Waals surface area contributed by atoms with Crippen LogP contribution in [0.4, 0.5) is 0 Å². The Morgan fingerprint density at radius 3 is 2.65 bits per heavy atom. The number of aliphatic hydroxyl groups is 1. The molecular formula is C15H23NO3S. The lowest BCUT2D eigenvalue weighted by Crippen LogP contribution is -2.46. The van der Waals surface area contributed by atoms with E-state index in [2.05, 4.69) is 4.90 Å². The zero-order chi connectivity index (χ0) is 14.6. The van der Waals surface area contributed by atoms with Crippen molar-refractivity contribution in [3.8, 4) is 0 Å². The number of nitrogens with zero attached hydrogens (tertiary/aromatic N) is 1.